The zero-order valence-corrected chi connectivity index (χ0v) is 18.6. The van der Waals surface area contributed by atoms with Gasteiger partial charge in [-0.05, 0) is 67.6 Å². The van der Waals surface area contributed by atoms with E-state index in [0.29, 0.717) is 33.7 Å². The smallest absolute Gasteiger partial charge is 0.351 e. The van der Waals surface area contributed by atoms with Crippen molar-refractivity contribution in [2.45, 2.75) is 19.1 Å². The molecule has 3 aromatic carbocycles. The van der Waals surface area contributed by atoms with Crippen LogP contribution in [0.25, 0.3) is 0 Å². The second-order valence-electron chi connectivity index (χ2n) is 6.74. The van der Waals surface area contributed by atoms with Gasteiger partial charge in [0, 0.05) is 15.6 Å². The monoisotopic (exact) mass is 460 g/mol. The van der Waals surface area contributed by atoms with Crippen molar-refractivity contribution >= 4 is 29.2 Å². The topological polar surface area (TPSA) is 54.0 Å². The minimum Gasteiger partial charge on any atom is -0.490 e. The molecule has 0 N–H and O–H groups in total. The Labute approximate surface area is 191 Å². The number of hydrogen-bond acceptors (Lipinski definition) is 5. The maximum atomic E-state index is 12.2. The van der Waals surface area contributed by atoms with Gasteiger partial charge in [-0.1, -0.05) is 35.3 Å². The number of methoxy groups -OCH3 is 1. The van der Waals surface area contributed by atoms with Gasteiger partial charge in [0.25, 0.3) is 0 Å². The normalized spacial score (nSPS) is 12.5. The highest BCUT2D eigenvalue weighted by Crippen LogP contribution is 2.26. The first-order chi connectivity index (χ1) is 14.9. The third-order valence-electron chi connectivity index (χ3n) is 4.30. The molecule has 5 nitrogen and oxygen atoms in total. The summed E-state index contributed by atoms with van der Waals surface area (Å²) in [7, 11) is 1.32. The third-order valence-corrected chi connectivity index (χ3v) is 4.81. The average Bonchev–Trinajstić information content (AvgIpc) is 2.79. The van der Waals surface area contributed by atoms with E-state index in [1.165, 1.54) is 7.11 Å². The van der Waals surface area contributed by atoms with Crippen molar-refractivity contribution in [2.75, 3.05) is 13.7 Å². The number of rotatable bonds is 9. The number of ether oxygens (including phenoxy) is 4. The van der Waals surface area contributed by atoms with Gasteiger partial charge in [0.2, 0.25) is 6.10 Å². The molecule has 162 valence electrons. The number of hydrogen-bond donors (Lipinski definition) is 0. The second-order valence-corrected chi connectivity index (χ2v) is 7.61. The molecule has 0 aliphatic carbocycles. The van der Waals surface area contributed by atoms with Crippen molar-refractivity contribution < 1.29 is 23.7 Å². The van der Waals surface area contributed by atoms with Crippen LogP contribution in [0.5, 0.6) is 17.2 Å². The van der Waals surface area contributed by atoms with E-state index in [9.17, 15) is 4.79 Å². The quantitative estimate of drug-likeness (QED) is 0.359. The molecule has 7 heteroatoms. The molecule has 0 radical (unpaired) electrons. The summed E-state index contributed by atoms with van der Waals surface area (Å²) in [5.41, 5.74) is 0.639. The van der Waals surface area contributed by atoms with Crippen LogP contribution < -0.4 is 14.2 Å². The first-order valence-corrected chi connectivity index (χ1v) is 10.3. The predicted molar refractivity (Wildman–Crippen MR) is 120 cm³/mol. The molecule has 0 fully saturated rings. The van der Waals surface area contributed by atoms with Crippen LogP contribution in [0.2, 0.25) is 10.0 Å². The lowest BCUT2D eigenvalue weighted by Crippen LogP contribution is -2.21. The molecular formula is C24H22Cl2O5. The van der Waals surface area contributed by atoms with E-state index in [2.05, 4.69) is 0 Å². The Bertz CT molecular complexity index is 972. The molecule has 2 unspecified atom stereocenters. The number of halogens is 2. The van der Waals surface area contributed by atoms with Gasteiger partial charge in [0.1, 0.15) is 30.0 Å². The molecule has 31 heavy (non-hydrogen) atoms. The molecule has 0 aliphatic heterocycles. The molecule has 3 aromatic rings. The van der Waals surface area contributed by atoms with Crippen LogP contribution in [-0.2, 0) is 9.53 Å². The van der Waals surface area contributed by atoms with Crippen LogP contribution in [-0.4, -0.2) is 25.8 Å². The lowest BCUT2D eigenvalue weighted by atomic mass is 10.1. The van der Waals surface area contributed by atoms with Crippen LogP contribution in [0.4, 0.5) is 0 Å². The highest BCUT2D eigenvalue weighted by atomic mass is 35.5. The summed E-state index contributed by atoms with van der Waals surface area (Å²) in [6, 6.07) is 21.0. The van der Waals surface area contributed by atoms with Crippen LogP contribution in [0, 0.1) is 0 Å². The van der Waals surface area contributed by atoms with Crippen LogP contribution in [0.1, 0.15) is 18.6 Å². The van der Waals surface area contributed by atoms with Crippen molar-refractivity contribution in [3.8, 4) is 17.2 Å². The molecule has 2 atom stereocenters. The van der Waals surface area contributed by atoms with Crippen molar-refractivity contribution in [3.05, 3.63) is 88.4 Å². The molecule has 0 saturated carbocycles. The Morgan fingerprint density at radius 3 is 1.77 bits per heavy atom. The number of benzene rings is 3. The van der Waals surface area contributed by atoms with E-state index in [1.807, 2.05) is 6.92 Å². The summed E-state index contributed by atoms with van der Waals surface area (Å²) in [6.45, 7) is 2.26. The summed E-state index contributed by atoms with van der Waals surface area (Å²) in [6.07, 6.45) is -1.08. The van der Waals surface area contributed by atoms with Gasteiger partial charge in [-0.3, -0.25) is 0 Å². The summed E-state index contributed by atoms with van der Waals surface area (Å²) in [5.74, 6) is 1.36. The Hall–Kier alpha value is -2.89. The summed E-state index contributed by atoms with van der Waals surface area (Å²) in [5, 5.41) is 1.24. The van der Waals surface area contributed by atoms with Crippen LogP contribution in [0.15, 0.2) is 72.8 Å². The van der Waals surface area contributed by atoms with E-state index in [1.54, 1.807) is 72.8 Å². The molecule has 0 saturated heterocycles. The Kier molecular flexibility index (Phi) is 8.04. The number of carbonyl (C=O) groups excluding carboxylic acids is 1. The molecule has 0 heterocycles. The van der Waals surface area contributed by atoms with E-state index in [-0.39, 0.29) is 6.10 Å². The van der Waals surface area contributed by atoms with E-state index < -0.39 is 12.1 Å². The van der Waals surface area contributed by atoms with Crippen molar-refractivity contribution in [1.82, 2.24) is 0 Å². The lowest BCUT2D eigenvalue weighted by Gasteiger charge is -2.18. The first-order valence-electron chi connectivity index (χ1n) is 9.59. The highest BCUT2D eigenvalue weighted by molar-refractivity contribution is 6.30. The maximum absolute atomic E-state index is 12.2. The molecule has 0 amide bonds. The molecule has 0 aromatic heterocycles. The SMILES string of the molecule is COC(=O)C(Oc1ccc(Cl)cc1)c1ccc(OCC(C)Oc2ccc(Cl)cc2)cc1. The van der Waals surface area contributed by atoms with E-state index in [4.69, 9.17) is 42.1 Å². The number of carbonyl (C=O) groups is 1. The summed E-state index contributed by atoms with van der Waals surface area (Å²) >= 11 is 11.8. The third kappa shape index (κ3) is 6.81. The zero-order chi connectivity index (χ0) is 22.2. The van der Waals surface area contributed by atoms with E-state index >= 15 is 0 Å². The highest BCUT2D eigenvalue weighted by Gasteiger charge is 2.23. The Morgan fingerprint density at radius 1 is 0.774 bits per heavy atom. The van der Waals surface area contributed by atoms with Gasteiger partial charge in [-0.2, -0.15) is 0 Å². The minimum atomic E-state index is -0.910. The van der Waals surface area contributed by atoms with Gasteiger partial charge >= 0.3 is 5.97 Å². The Morgan fingerprint density at radius 2 is 1.26 bits per heavy atom. The fraction of sp³-hybridized carbons (Fsp3) is 0.208. The summed E-state index contributed by atoms with van der Waals surface area (Å²) < 4.78 is 22.3. The fourth-order valence-electron chi connectivity index (χ4n) is 2.74. The van der Waals surface area contributed by atoms with Crippen LogP contribution in [0.3, 0.4) is 0 Å². The largest absolute Gasteiger partial charge is 0.490 e. The lowest BCUT2D eigenvalue weighted by molar-refractivity contribution is -0.149. The first kappa shape index (κ1) is 22.8. The number of esters is 1. The molecule has 3 rings (SSSR count). The molecular weight excluding hydrogens is 439 g/mol. The predicted octanol–water partition coefficient (Wildman–Crippen LogP) is 6.13. The fourth-order valence-corrected chi connectivity index (χ4v) is 2.99. The Balaban J connectivity index is 1.60. The molecule has 0 aliphatic rings. The minimum absolute atomic E-state index is 0.170. The van der Waals surface area contributed by atoms with E-state index in [0.717, 1.165) is 5.75 Å². The standard InChI is InChI=1S/C24H22Cl2O5/c1-16(30-21-11-5-18(25)6-12-21)15-29-20-9-3-17(4-10-20)23(24(27)28-2)31-22-13-7-19(26)8-14-22/h3-14,16,23H,15H2,1-2H3. The van der Waals surface area contributed by atoms with Gasteiger partial charge in [-0.25, -0.2) is 4.79 Å². The second kappa shape index (κ2) is 10.9. The van der Waals surface area contributed by atoms with Gasteiger partial charge in [-0.15, -0.1) is 0 Å². The van der Waals surface area contributed by atoms with Crippen LogP contribution >= 0.6 is 23.2 Å². The van der Waals surface area contributed by atoms with Gasteiger partial charge in [0.15, 0.2) is 0 Å². The molecule has 0 bridgehead atoms. The maximum Gasteiger partial charge on any atom is 0.351 e. The van der Waals surface area contributed by atoms with Crippen molar-refractivity contribution in [1.29, 1.82) is 0 Å². The van der Waals surface area contributed by atoms with Gasteiger partial charge in [0.05, 0.1) is 7.11 Å². The van der Waals surface area contributed by atoms with Gasteiger partial charge < -0.3 is 18.9 Å². The van der Waals surface area contributed by atoms with Crippen molar-refractivity contribution in [2.24, 2.45) is 0 Å². The zero-order valence-electron chi connectivity index (χ0n) is 17.1. The van der Waals surface area contributed by atoms with Crippen molar-refractivity contribution in [3.63, 3.8) is 0 Å². The molecule has 0 spiro atoms. The average molecular weight is 461 g/mol. The summed E-state index contributed by atoms with van der Waals surface area (Å²) in [4.78, 5) is 12.2.